The quantitative estimate of drug-likeness (QED) is 0.710. The van der Waals surface area contributed by atoms with Crippen molar-refractivity contribution in [2.45, 2.75) is 39.5 Å². The molecule has 1 aromatic heterocycles. The lowest BCUT2D eigenvalue weighted by Gasteiger charge is -2.28. The van der Waals surface area contributed by atoms with Gasteiger partial charge in [0.25, 0.3) is 5.91 Å². The molecule has 2 atom stereocenters. The fourth-order valence-corrected chi connectivity index (χ4v) is 5.48. The number of aromatic nitrogens is 1. The van der Waals surface area contributed by atoms with E-state index in [9.17, 15) is 4.79 Å². The van der Waals surface area contributed by atoms with E-state index in [4.69, 9.17) is 4.98 Å². The molecule has 1 aliphatic heterocycles. The number of thiazole rings is 1. The Balaban J connectivity index is 1.41. The second-order valence-corrected chi connectivity index (χ2v) is 9.12. The molecule has 0 spiro atoms. The first-order valence-corrected chi connectivity index (χ1v) is 10.9. The molecular weight excluding hydrogens is 366 g/mol. The first kappa shape index (κ1) is 19.1. The Labute approximate surface area is 170 Å². The molecule has 1 amide bonds. The smallest absolute Gasteiger partial charge is 0.279 e. The van der Waals surface area contributed by atoms with Gasteiger partial charge in [0.15, 0.2) is 6.54 Å². The molecule has 0 saturated carbocycles. The maximum atomic E-state index is 12.7. The molecule has 5 heteroatoms. The number of carbonyl (C=O) groups excluding carboxylic acids is 1. The van der Waals surface area contributed by atoms with Crippen LogP contribution in [0, 0.1) is 20.8 Å². The molecule has 2 aromatic carbocycles. The zero-order valence-electron chi connectivity index (χ0n) is 16.8. The molecular formula is C23H28N3OS+. The number of rotatable bonds is 4. The van der Waals surface area contributed by atoms with E-state index in [-0.39, 0.29) is 5.91 Å². The summed E-state index contributed by atoms with van der Waals surface area (Å²) in [4.78, 5) is 18.9. The summed E-state index contributed by atoms with van der Waals surface area (Å²) >= 11 is 1.81. The average molecular weight is 395 g/mol. The molecule has 2 N–H and O–H groups in total. The number of likely N-dealkylation sites (tertiary alicyclic amines) is 1. The van der Waals surface area contributed by atoms with Crippen LogP contribution in [-0.4, -0.2) is 30.5 Å². The van der Waals surface area contributed by atoms with Crippen LogP contribution in [0.3, 0.4) is 0 Å². The Morgan fingerprint density at radius 2 is 1.96 bits per heavy atom. The van der Waals surface area contributed by atoms with Crippen molar-refractivity contribution in [3.63, 3.8) is 0 Å². The molecule has 1 saturated heterocycles. The fraction of sp³-hybridized carbons (Fsp3) is 0.391. The molecule has 1 unspecified atom stereocenters. The summed E-state index contributed by atoms with van der Waals surface area (Å²) in [7, 11) is 0. The van der Waals surface area contributed by atoms with E-state index in [1.165, 1.54) is 26.6 Å². The third-order valence-corrected chi connectivity index (χ3v) is 6.83. The predicted octanol–water partition coefficient (Wildman–Crippen LogP) is 3.62. The maximum Gasteiger partial charge on any atom is 0.279 e. The zero-order valence-corrected chi connectivity index (χ0v) is 17.7. The lowest BCUT2D eigenvalue weighted by molar-refractivity contribution is -0.898. The second-order valence-electron chi connectivity index (χ2n) is 8.06. The van der Waals surface area contributed by atoms with Crippen LogP contribution in [0.15, 0.2) is 36.4 Å². The molecule has 146 valence electrons. The molecule has 3 aromatic rings. The summed E-state index contributed by atoms with van der Waals surface area (Å²) in [6, 6.07) is 12.6. The first-order valence-electron chi connectivity index (χ1n) is 10.1. The number of hydrogen-bond donors (Lipinski definition) is 2. The van der Waals surface area contributed by atoms with Crippen molar-refractivity contribution in [2.24, 2.45) is 0 Å². The van der Waals surface area contributed by atoms with Gasteiger partial charge >= 0.3 is 0 Å². The normalized spacial score (nSPS) is 19.7. The maximum absolute atomic E-state index is 12.7. The van der Waals surface area contributed by atoms with Gasteiger partial charge in [-0.2, -0.15) is 0 Å². The number of amides is 1. The molecule has 2 heterocycles. The lowest BCUT2D eigenvalue weighted by Crippen LogP contribution is -3.14. The van der Waals surface area contributed by atoms with Gasteiger partial charge in [-0.25, -0.2) is 4.98 Å². The van der Waals surface area contributed by atoms with E-state index in [1.54, 1.807) is 0 Å². The number of aryl methyl sites for hydroxylation is 3. The Morgan fingerprint density at radius 3 is 2.71 bits per heavy atom. The molecule has 1 aliphatic rings. The van der Waals surface area contributed by atoms with Gasteiger partial charge in [-0.1, -0.05) is 29.8 Å². The number of anilines is 1. The van der Waals surface area contributed by atoms with Crippen LogP contribution in [0.4, 0.5) is 5.69 Å². The molecule has 0 aliphatic carbocycles. The SMILES string of the molecule is Cc1cc(C)c(NC(=O)C[NH+]2CCC[C@@H](c3nc4ccccc4s3)C2)c(C)c1. The van der Waals surface area contributed by atoms with Crippen molar-refractivity contribution in [2.75, 3.05) is 25.0 Å². The van der Waals surface area contributed by atoms with Gasteiger partial charge in [-0.15, -0.1) is 11.3 Å². The van der Waals surface area contributed by atoms with Crippen molar-refractivity contribution in [3.05, 3.63) is 58.1 Å². The number of hydrogen-bond acceptors (Lipinski definition) is 3. The van der Waals surface area contributed by atoms with E-state index in [1.807, 2.05) is 17.4 Å². The number of fused-ring (bicyclic) bond motifs is 1. The van der Waals surface area contributed by atoms with Gasteiger partial charge in [0.2, 0.25) is 0 Å². The van der Waals surface area contributed by atoms with Crippen LogP contribution in [0.5, 0.6) is 0 Å². The Bertz CT molecular complexity index is 954. The van der Waals surface area contributed by atoms with Crippen LogP contribution in [0.2, 0.25) is 0 Å². The summed E-state index contributed by atoms with van der Waals surface area (Å²) in [6.45, 7) is 8.78. The zero-order chi connectivity index (χ0) is 19.7. The van der Waals surface area contributed by atoms with Gasteiger partial charge in [-0.05, 0) is 56.9 Å². The molecule has 4 nitrogen and oxygen atoms in total. The van der Waals surface area contributed by atoms with Crippen molar-refractivity contribution >= 4 is 33.1 Å². The summed E-state index contributed by atoms with van der Waals surface area (Å²) < 4.78 is 1.26. The average Bonchev–Trinajstić information content (AvgIpc) is 3.09. The Kier molecular flexibility index (Phi) is 5.47. The highest BCUT2D eigenvalue weighted by Crippen LogP contribution is 2.30. The molecule has 28 heavy (non-hydrogen) atoms. The van der Waals surface area contributed by atoms with Crippen LogP contribution >= 0.6 is 11.3 Å². The third kappa shape index (κ3) is 4.10. The van der Waals surface area contributed by atoms with Crippen molar-refractivity contribution in [3.8, 4) is 0 Å². The number of carbonyl (C=O) groups is 1. The largest absolute Gasteiger partial charge is 0.327 e. The highest BCUT2D eigenvalue weighted by molar-refractivity contribution is 7.18. The Morgan fingerprint density at radius 1 is 1.21 bits per heavy atom. The number of nitrogens with one attached hydrogen (secondary N) is 2. The standard InChI is InChI=1S/C23H27N3OS/c1-15-11-16(2)22(17(3)12-15)25-21(27)14-26-10-6-7-18(13-26)23-24-19-8-4-5-9-20(19)28-23/h4-5,8-9,11-12,18H,6-7,10,13-14H2,1-3H3,(H,25,27)/p+1/t18-/m1/s1. The summed E-state index contributed by atoms with van der Waals surface area (Å²) in [5.41, 5.74) is 5.56. The molecule has 4 rings (SSSR count). The van der Waals surface area contributed by atoms with Crippen molar-refractivity contribution in [1.29, 1.82) is 0 Å². The van der Waals surface area contributed by atoms with Crippen LogP contribution in [0.25, 0.3) is 10.2 Å². The van der Waals surface area contributed by atoms with Crippen LogP contribution in [-0.2, 0) is 4.79 Å². The molecule has 1 fully saturated rings. The highest BCUT2D eigenvalue weighted by Gasteiger charge is 2.28. The van der Waals surface area contributed by atoms with Crippen LogP contribution < -0.4 is 10.2 Å². The van der Waals surface area contributed by atoms with Crippen molar-refractivity contribution in [1.82, 2.24) is 4.98 Å². The second kappa shape index (κ2) is 8.02. The topological polar surface area (TPSA) is 46.4 Å². The minimum atomic E-state index is 0.106. The molecule has 0 bridgehead atoms. The van der Waals surface area contributed by atoms with E-state index in [2.05, 4.69) is 56.4 Å². The van der Waals surface area contributed by atoms with Gasteiger partial charge in [-0.3, -0.25) is 4.79 Å². The lowest BCUT2D eigenvalue weighted by atomic mass is 9.98. The molecule has 0 radical (unpaired) electrons. The monoisotopic (exact) mass is 394 g/mol. The van der Waals surface area contributed by atoms with E-state index < -0.39 is 0 Å². The summed E-state index contributed by atoms with van der Waals surface area (Å²) in [5, 5.41) is 4.38. The minimum absolute atomic E-state index is 0.106. The van der Waals surface area contributed by atoms with E-state index in [0.29, 0.717) is 12.5 Å². The van der Waals surface area contributed by atoms with Gasteiger partial charge in [0.1, 0.15) is 5.01 Å². The van der Waals surface area contributed by atoms with Gasteiger partial charge in [0, 0.05) is 5.69 Å². The highest BCUT2D eigenvalue weighted by atomic mass is 32.1. The minimum Gasteiger partial charge on any atom is -0.327 e. The third-order valence-electron chi connectivity index (χ3n) is 5.63. The Hall–Kier alpha value is -2.24. The number of quaternary nitrogens is 1. The van der Waals surface area contributed by atoms with Gasteiger partial charge < -0.3 is 10.2 Å². The van der Waals surface area contributed by atoms with Crippen LogP contribution in [0.1, 0.15) is 40.5 Å². The predicted molar refractivity (Wildman–Crippen MR) is 116 cm³/mol. The van der Waals surface area contributed by atoms with Gasteiger partial charge in [0.05, 0.1) is 29.2 Å². The van der Waals surface area contributed by atoms with E-state index in [0.717, 1.165) is 41.8 Å². The number of piperidine rings is 1. The number of nitrogens with zero attached hydrogens (tertiary/aromatic N) is 1. The van der Waals surface area contributed by atoms with Crippen molar-refractivity contribution < 1.29 is 9.69 Å². The number of para-hydroxylation sites is 1. The summed E-state index contributed by atoms with van der Waals surface area (Å²) in [5.74, 6) is 0.562. The number of benzene rings is 2. The summed E-state index contributed by atoms with van der Waals surface area (Å²) in [6.07, 6.45) is 2.31. The first-order chi connectivity index (χ1) is 13.5. The fourth-order valence-electron chi connectivity index (χ4n) is 4.37. The van der Waals surface area contributed by atoms with E-state index >= 15 is 0 Å².